The van der Waals surface area contributed by atoms with Crippen molar-refractivity contribution in [2.45, 2.75) is 65.5 Å². The largest absolute Gasteiger partial charge is 0.311 e. The van der Waals surface area contributed by atoms with E-state index in [0.717, 1.165) is 17.9 Å². The van der Waals surface area contributed by atoms with Crippen LogP contribution in [-0.2, 0) is 0 Å². The van der Waals surface area contributed by atoms with E-state index in [1.807, 2.05) is 0 Å². The predicted molar refractivity (Wildman–Crippen MR) is 83.4 cm³/mol. The van der Waals surface area contributed by atoms with Crippen molar-refractivity contribution in [3.8, 4) is 0 Å². The third-order valence-electron chi connectivity index (χ3n) is 4.92. The Bertz CT molecular complexity index is 306. The van der Waals surface area contributed by atoms with Crippen LogP contribution >= 0.6 is 0 Å². The summed E-state index contributed by atoms with van der Waals surface area (Å²) in [6.45, 7) is 13.1. The molecular formula is C17H32N2. The minimum Gasteiger partial charge on any atom is -0.311 e. The van der Waals surface area contributed by atoms with Gasteiger partial charge in [-0.25, -0.2) is 0 Å². The molecule has 19 heavy (non-hydrogen) atoms. The van der Waals surface area contributed by atoms with E-state index < -0.39 is 0 Å². The number of nitrogens with one attached hydrogen (secondary N) is 1. The summed E-state index contributed by atoms with van der Waals surface area (Å²) in [6.07, 6.45) is 7.84. The first-order valence-electron chi connectivity index (χ1n) is 8.23. The Hall–Kier alpha value is -0.340. The molecule has 2 aliphatic rings. The highest BCUT2D eigenvalue weighted by Gasteiger charge is 2.30. The monoisotopic (exact) mass is 264 g/mol. The van der Waals surface area contributed by atoms with Crippen LogP contribution in [-0.4, -0.2) is 36.6 Å². The van der Waals surface area contributed by atoms with Gasteiger partial charge in [0.1, 0.15) is 0 Å². The van der Waals surface area contributed by atoms with Crippen LogP contribution in [0.2, 0.25) is 0 Å². The molecule has 2 nitrogen and oxygen atoms in total. The molecule has 0 aromatic rings. The van der Waals surface area contributed by atoms with Crippen LogP contribution in [0.4, 0.5) is 0 Å². The van der Waals surface area contributed by atoms with E-state index in [4.69, 9.17) is 0 Å². The van der Waals surface area contributed by atoms with Crippen LogP contribution in [0.1, 0.15) is 53.4 Å². The van der Waals surface area contributed by atoms with Crippen molar-refractivity contribution >= 4 is 0 Å². The smallest absolute Gasteiger partial charge is 0.0244 e. The summed E-state index contributed by atoms with van der Waals surface area (Å²) in [4.78, 5) is 2.75. The van der Waals surface area contributed by atoms with Crippen LogP contribution in [0.5, 0.6) is 0 Å². The second-order valence-corrected chi connectivity index (χ2v) is 7.07. The molecule has 1 aliphatic heterocycles. The van der Waals surface area contributed by atoms with E-state index in [0.29, 0.717) is 6.04 Å². The molecule has 1 aliphatic carbocycles. The minimum atomic E-state index is 0.674. The van der Waals surface area contributed by atoms with Gasteiger partial charge < -0.3 is 5.32 Å². The van der Waals surface area contributed by atoms with Crippen molar-refractivity contribution < 1.29 is 0 Å². The summed E-state index contributed by atoms with van der Waals surface area (Å²) in [6, 6.07) is 1.39. The fraction of sp³-hybridized carbons (Fsp3) is 0.882. The molecule has 2 rings (SSSR count). The van der Waals surface area contributed by atoms with E-state index in [9.17, 15) is 0 Å². The summed E-state index contributed by atoms with van der Waals surface area (Å²) in [5, 5.41) is 3.75. The summed E-state index contributed by atoms with van der Waals surface area (Å²) < 4.78 is 0. The zero-order chi connectivity index (χ0) is 13.8. The number of nitrogens with zero attached hydrogens (tertiary/aromatic N) is 1. The van der Waals surface area contributed by atoms with Gasteiger partial charge in [-0.2, -0.15) is 0 Å². The quantitative estimate of drug-likeness (QED) is 0.765. The molecular weight excluding hydrogens is 232 g/mol. The SMILES string of the molecule is CC(C)C1CN(CCC2=CCCC2)C(C(C)C)CN1. The number of hydrogen-bond donors (Lipinski definition) is 1. The van der Waals surface area contributed by atoms with Gasteiger partial charge in [-0.1, -0.05) is 39.3 Å². The van der Waals surface area contributed by atoms with Crippen LogP contribution in [0.25, 0.3) is 0 Å². The number of allylic oxidation sites excluding steroid dienone is 1. The second kappa shape index (κ2) is 6.90. The molecule has 2 unspecified atom stereocenters. The van der Waals surface area contributed by atoms with Crippen LogP contribution in [0.3, 0.4) is 0 Å². The Morgan fingerprint density at radius 2 is 2.05 bits per heavy atom. The maximum absolute atomic E-state index is 3.75. The van der Waals surface area contributed by atoms with Gasteiger partial charge in [0.05, 0.1) is 0 Å². The highest BCUT2D eigenvalue weighted by molar-refractivity contribution is 5.08. The maximum Gasteiger partial charge on any atom is 0.0244 e. The van der Waals surface area contributed by atoms with Gasteiger partial charge in [0.15, 0.2) is 0 Å². The molecule has 2 heteroatoms. The molecule has 1 fully saturated rings. The Morgan fingerprint density at radius 3 is 2.63 bits per heavy atom. The lowest BCUT2D eigenvalue weighted by Gasteiger charge is -2.44. The van der Waals surface area contributed by atoms with E-state index >= 15 is 0 Å². The predicted octanol–water partition coefficient (Wildman–Crippen LogP) is 3.44. The number of piperazine rings is 1. The lowest BCUT2D eigenvalue weighted by Crippen LogP contribution is -2.59. The van der Waals surface area contributed by atoms with Crippen LogP contribution in [0.15, 0.2) is 11.6 Å². The standard InChI is InChI=1S/C17H32N2/c1-13(2)16-12-19(17(11-18-16)14(3)4)10-9-15-7-5-6-8-15/h7,13-14,16-18H,5-6,8-12H2,1-4H3. The van der Waals surface area contributed by atoms with Gasteiger partial charge in [0, 0.05) is 31.7 Å². The van der Waals surface area contributed by atoms with E-state index in [1.165, 1.54) is 45.3 Å². The Morgan fingerprint density at radius 1 is 1.26 bits per heavy atom. The van der Waals surface area contributed by atoms with Crippen molar-refractivity contribution in [3.05, 3.63) is 11.6 Å². The average Bonchev–Trinajstić information content (AvgIpc) is 2.88. The first-order chi connectivity index (χ1) is 9.08. The van der Waals surface area contributed by atoms with Gasteiger partial charge in [0.25, 0.3) is 0 Å². The van der Waals surface area contributed by atoms with Gasteiger partial charge in [-0.3, -0.25) is 4.90 Å². The van der Waals surface area contributed by atoms with Crippen molar-refractivity contribution in [1.82, 2.24) is 10.2 Å². The van der Waals surface area contributed by atoms with Gasteiger partial charge in [0.2, 0.25) is 0 Å². The van der Waals surface area contributed by atoms with Crippen molar-refractivity contribution in [1.29, 1.82) is 0 Å². The van der Waals surface area contributed by atoms with Crippen molar-refractivity contribution in [3.63, 3.8) is 0 Å². The highest BCUT2D eigenvalue weighted by atomic mass is 15.2. The summed E-state index contributed by atoms with van der Waals surface area (Å²) in [7, 11) is 0. The molecule has 1 heterocycles. The van der Waals surface area contributed by atoms with Crippen LogP contribution < -0.4 is 5.32 Å². The Kier molecular flexibility index (Phi) is 5.47. The Labute approximate surface area is 119 Å². The van der Waals surface area contributed by atoms with E-state index in [-0.39, 0.29) is 0 Å². The Balaban J connectivity index is 1.90. The normalized spacial score (nSPS) is 29.3. The molecule has 0 aromatic heterocycles. The summed E-state index contributed by atoms with van der Waals surface area (Å²) in [5.41, 5.74) is 1.71. The van der Waals surface area contributed by atoms with Crippen LogP contribution in [0, 0.1) is 11.8 Å². The van der Waals surface area contributed by atoms with Gasteiger partial charge >= 0.3 is 0 Å². The molecule has 2 atom stereocenters. The zero-order valence-corrected chi connectivity index (χ0v) is 13.3. The lowest BCUT2D eigenvalue weighted by molar-refractivity contribution is 0.0862. The summed E-state index contributed by atoms with van der Waals surface area (Å²) >= 11 is 0. The number of rotatable bonds is 5. The first-order valence-corrected chi connectivity index (χ1v) is 8.23. The molecule has 1 N–H and O–H groups in total. The molecule has 0 saturated carbocycles. The van der Waals surface area contributed by atoms with Crippen molar-refractivity contribution in [2.75, 3.05) is 19.6 Å². The summed E-state index contributed by atoms with van der Waals surface area (Å²) in [5.74, 6) is 1.49. The van der Waals surface area contributed by atoms with E-state index in [2.05, 4.69) is 44.0 Å². The molecule has 110 valence electrons. The zero-order valence-electron chi connectivity index (χ0n) is 13.3. The molecule has 1 saturated heterocycles. The molecule has 0 radical (unpaired) electrons. The molecule has 0 amide bonds. The second-order valence-electron chi connectivity index (χ2n) is 7.07. The van der Waals surface area contributed by atoms with Gasteiger partial charge in [-0.05, 0) is 37.5 Å². The van der Waals surface area contributed by atoms with E-state index in [1.54, 1.807) is 5.57 Å². The molecule has 0 bridgehead atoms. The maximum atomic E-state index is 3.75. The minimum absolute atomic E-state index is 0.674. The fourth-order valence-corrected chi connectivity index (χ4v) is 3.47. The third kappa shape index (κ3) is 4.06. The van der Waals surface area contributed by atoms with Gasteiger partial charge in [-0.15, -0.1) is 0 Å². The molecule has 0 aromatic carbocycles. The lowest BCUT2D eigenvalue weighted by atomic mass is 9.94. The third-order valence-corrected chi connectivity index (χ3v) is 4.92. The average molecular weight is 264 g/mol. The molecule has 0 spiro atoms. The topological polar surface area (TPSA) is 15.3 Å². The van der Waals surface area contributed by atoms with Crippen molar-refractivity contribution in [2.24, 2.45) is 11.8 Å². The first kappa shape index (κ1) is 15.1. The number of hydrogen-bond acceptors (Lipinski definition) is 2. The highest BCUT2D eigenvalue weighted by Crippen LogP contribution is 2.23. The fourth-order valence-electron chi connectivity index (χ4n) is 3.47.